The Balaban J connectivity index is 2.35. The molecule has 1 heterocycles. The van der Waals surface area contributed by atoms with E-state index < -0.39 is 17.6 Å². The third-order valence-electron chi connectivity index (χ3n) is 2.61. The lowest BCUT2D eigenvalue weighted by atomic mass is 10.2. The maximum absolute atomic E-state index is 13.1. The Kier molecular flexibility index (Phi) is 4.30. The molecule has 0 atom stereocenters. The predicted molar refractivity (Wildman–Crippen MR) is 73.1 cm³/mol. The van der Waals surface area contributed by atoms with Crippen LogP contribution in [0, 0.1) is 5.82 Å². The van der Waals surface area contributed by atoms with Crippen molar-refractivity contribution in [2.45, 2.75) is 13.1 Å². The van der Waals surface area contributed by atoms with Crippen LogP contribution >= 0.6 is 0 Å². The standard InChI is InChI=1S/C14H13F4N3/c1-2-19-12-6-9(14(16,17)18)7-13(21-12)20-11-5-3-4-10(15)8-11/h3-8H,2H2,1H3,(H2,19,20,21). The van der Waals surface area contributed by atoms with Gasteiger partial charge in [0.25, 0.3) is 0 Å². The van der Waals surface area contributed by atoms with Gasteiger partial charge in [0.1, 0.15) is 17.5 Å². The van der Waals surface area contributed by atoms with Crippen LogP contribution in [0.15, 0.2) is 36.4 Å². The van der Waals surface area contributed by atoms with Crippen molar-refractivity contribution in [2.24, 2.45) is 0 Å². The molecule has 2 N–H and O–H groups in total. The molecule has 0 aliphatic carbocycles. The first-order valence-corrected chi connectivity index (χ1v) is 6.24. The zero-order valence-corrected chi connectivity index (χ0v) is 11.1. The highest BCUT2D eigenvalue weighted by Gasteiger charge is 2.31. The summed E-state index contributed by atoms with van der Waals surface area (Å²) in [5.74, 6) is -0.392. The van der Waals surface area contributed by atoms with Gasteiger partial charge in [0.15, 0.2) is 0 Å². The Bertz CT molecular complexity index is 626. The molecule has 0 spiro atoms. The lowest BCUT2D eigenvalue weighted by Gasteiger charge is -2.13. The number of hydrogen-bond acceptors (Lipinski definition) is 3. The zero-order chi connectivity index (χ0) is 15.5. The van der Waals surface area contributed by atoms with Crippen LogP contribution in [-0.4, -0.2) is 11.5 Å². The highest BCUT2D eigenvalue weighted by atomic mass is 19.4. The number of alkyl halides is 3. The average molecular weight is 299 g/mol. The normalized spacial score (nSPS) is 11.3. The molecule has 0 radical (unpaired) electrons. The van der Waals surface area contributed by atoms with Crippen molar-refractivity contribution in [3.05, 3.63) is 47.8 Å². The smallest absolute Gasteiger partial charge is 0.370 e. The Labute approximate surface area is 119 Å². The summed E-state index contributed by atoms with van der Waals surface area (Å²) in [4.78, 5) is 4.02. The third-order valence-corrected chi connectivity index (χ3v) is 2.61. The number of rotatable bonds is 4. The van der Waals surface area contributed by atoms with Crippen molar-refractivity contribution >= 4 is 17.3 Å². The minimum atomic E-state index is -4.48. The number of aromatic nitrogens is 1. The first-order chi connectivity index (χ1) is 9.88. The lowest BCUT2D eigenvalue weighted by Crippen LogP contribution is -2.09. The van der Waals surface area contributed by atoms with Crippen LogP contribution in [0.25, 0.3) is 0 Å². The number of anilines is 3. The molecule has 0 saturated carbocycles. The first-order valence-electron chi connectivity index (χ1n) is 6.24. The molecular weight excluding hydrogens is 286 g/mol. The van der Waals surface area contributed by atoms with Crippen LogP contribution < -0.4 is 10.6 Å². The van der Waals surface area contributed by atoms with Crippen molar-refractivity contribution in [2.75, 3.05) is 17.2 Å². The van der Waals surface area contributed by atoms with Gasteiger partial charge in [-0.15, -0.1) is 0 Å². The molecule has 7 heteroatoms. The van der Waals surface area contributed by atoms with Gasteiger partial charge >= 0.3 is 6.18 Å². The fourth-order valence-corrected chi connectivity index (χ4v) is 1.74. The van der Waals surface area contributed by atoms with Crippen LogP contribution in [0.2, 0.25) is 0 Å². The SMILES string of the molecule is CCNc1cc(C(F)(F)F)cc(Nc2cccc(F)c2)n1. The largest absolute Gasteiger partial charge is 0.416 e. The van der Waals surface area contributed by atoms with Gasteiger partial charge in [-0.1, -0.05) is 6.07 Å². The molecule has 21 heavy (non-hydrogen) atoms. The van der Waals surface area contributed by atoms with Gasteiger partial charge in [-0.05, 0) is 37.3 Å². The minimum absolute atomic E-state index is 0.00799. The van der Waals surface area contributed by atoms with Crippen LogP contribution in [0.5, 0.6) is 0 Å². The van der Waals surface area contributed by atoms with E-state index in [4.69, 9.17) is 0 Å². The van der Waals surface area contributed by atoms with Crippen molar-refractivity contribution in [3.8, 4) is 0 Å². The summed E-state index contributed by atoms with van der Waals surface area (Å²) < 4.78 is 51.6. The second-order valence-corrected chi connectivity index (χ2v) is 4.29. The molecule has 0 aliphatic heterocycles. The zero-order valence-electron chi connectivity index (χ0n) is 11.1. The molecule has 0 amide bonds. The Morgan fingerprint density at radius 3 is 2.43 bits per heavy atom. The molecule has 0 saturated heterocycles. The van der Waals surface area contributed by atoms with Gasteiger partial charge < -0.3 is 10.6 Å². The molecule has 1 aromatic carbocycles. The van der Waals surface area contributed by atoms with E-state index in [1.807, 2.05) is 0 Å². The summed E-state index contributed by atoms with van der Waals surface area (Å²) in [6.45, 7) is 2.19. The second-order valence-electron chi connectivity index (χ2n) is 4.29. The Hall–Kier alpha value is -2.31. The fraction of sp³-hybridized carbons (Fsp3) is 0.214. The maximum Gasteiger partial charge on any atom is 0.416 e. The third kappa shape index (κ3) is 4.08. The summed E-state index contributed by atoms with van der Waals surface area (Å²) >= 11 is 0. The summed E-state index contributed by atoms with van der Waals surface area (Å²) in [5, 5.41) is 5.40. The Morgan fingerprint density at radius 1 is 1.10 bits per heavy atom. The van der Waals surface area contributed by atoms with Crippen molar-refractivity contribution in [1.82, 2.24) is 4.98 Å². The van der Waals surface area contributed by atoms with Crippen LogP contribution in [0.4, 0.5) is 34.9 Å². The number of nitrogens with one attached hydrogen (secondary N) is 2. The van der Waals surface area contributed by atoms with Gasteiger partial charge in [0.2, 0.25) is 0 Å². The van der Waals surface area contributed by atoms with Gasteiger partial charge in [0, 0.05) is 12.2 Å². The number of hydrogen-bond donors (Lipinski definition) is 2. The topological polar surface area (TPSA) is 37.0 Å². The lowest BCUT2D eigenvalue weighted by molar-refractivity contribution is -0.137. The van der Waals surface area contributed by atoms with Crippen LogP contribution in [0.1, 0.15) is 12.5 Å². The molecule has 1 aromatic heterocycles. The van der Waals surface area contributed by atoms with Crippen LogP contribution in [0.3, 0.4) is 0 Å². The molecule has 0 bridgehead atoms. The number of benzene rings is 1. The molecule has 0 fully saturated rings. The highest BCUT2D eigenvalue weighted by molar-refractivity contribution is 5.59. The predicted octanol–water partition coefficient (Wildman–Crippen LogP) is 4.41. The van der Waals surface area contributed by atoms with Crippen LogP contribution in [-0.2, 0) is 6.18 Å². The van der Waals surface area contributed by atoms with Gasteiger partial charge in [-0.2, -0.15) is 13.2 Å². The van der Waals surface area contributed by atoms with E-state index in [-0.39, 0.29) is 11.6 Å². The molecular formula is C14H13F4N3. The Morgan fingerprint density at radius 2 is 1.81 bits per heavy atom. The number of nitrogens with zero attached hydrogens (tertiary/aromatic N) is 1. The maximum atomic E-state index is 13.1. The second kappa shape index (κ2) is 5.99. The molecule has 112 valence electrons. The first kappa shape index (κ1) is 15.1. The molecule has 2 aromatic rings. The van der Waals surface area contributed by atoms with E-state index in [0.717, 1.165) is 12.1 Å². The van der Waals surface area contributed by atoms with Gasteiger partial charge in [-0.25, -0.2) is 9.37 Å². The quantitative estimate of drug-likeness (QED) is 0.821. The van der Waals surface area contributed by atoms with Gasteiger partial charge in [-0.3, -0.25) is 0 Å². The monoisotopic (exact) mass is 299 g/mol. The van der Waals surface area contributed by atoms with Crippen molar-refractivity contribution in [1.29, 1.82) is 0 Å². The van der Waals surface area contributed by atoms with E-state index in [2.05, 4.69) is 15.6 Å². The summed E-state index contributed by atoms with van der Waals surface area (Å²) in [5.41, 5.74) is -0.503. The number of halogens is 4. The number of pyridine rings is 1. The minimum Gasteiger partial charge on any atom is -0.370 e. The summed E-state index contributed by atoms with van der Waals surface area (Å²) in [6.07, 6.45) is -4.48. The molecule has 3 nitrogen and oxygen atoms in total. The van der Waals surface area contributed by atoms with E-state index in [9.17, 15) is 17.6 Å². The molecule has 0 aliphatic rings. The summed E-state index contributed by atoms with van der Waals surface area (Å²) in [6, 6.07) is 7.23. The van der Waals surface area contributed by atoms with E-state index >= 15 is 0 Å². The van der Waals surface area contributed by atoms with E-state index in [0.29, 0.717) is 12.2 Å². The highest BCUT2D eigenvalue weighted by Crippen LogP contribution is 2.32. The summed E-state index contributed by atoms with van der Waals surface area (Å²) in [7, 11) is 0. The molecule has 2 rings (SSSR count). The van der Waals surface area contributed by atoms with E-state index in [1.54, 1.807) is 6.92 Å². The molecule has 0 unspecified atom stereocenters. The van der Waals surface area contributed by atoms with E-state index in [1.165, 1.54) is 24.3 Å². The fourth-order valence-electron chi connectivity index (χ4n) is 1.74. The average Bonchev–Trinajstić information content (AvgIpc) is 2.37. The van der Waals surface area contributed by atoms with Crippen molar-refractivity contribution < 1.29 is 17.6 Å². The van der Waals surface area contributed by atoms with Crippen molar-refractivity contribution in [3.63, 3.8) is 0 Å². The van der Waals surface area contributed by atoms with Gasteiger partial charge in [0.05, 0.1) is 5.56 Å².